The third-order valence-corrected chi connectivity index (χ3v) is 4.73. The first-order chi connectivity index (χ1) is 9.40. The fraction of sp³-hybridized carbons (Fsp3) is 0.250. The molecule has 1 heterocycles. The van der Waals surface area contributed by atoms with Gasteiger partial charge in [-0.1, -0.05) is 17.7 Å². The van der Waals surface area contributed by atoms with Gasteiger partial charge < -0.3 is 5.73 Å². The molecule has 0 fully saturated rings. The lowest BCUT2D eigenvalue weighted by molar-refractivity contribution is 0.582. The first-order valence-electron chi connectivity index (χ1n) is 5.91. The molecule has 0 aliphatic carbocycles. The number of hydrogen-bond donors (Lipinski definition) is 2. The smallest absolute Gasteiger partial charge is 0.244 e. The average molecular weight is 315 g/mol. The average Bonchev–Trinajstić information content (AvgIpc) is 2.74. The first-order valence-corrected chi connectivity index (χ1v) is 7.77. The van der Waals surface area contributed by atoms with E-state index >= 15 is 0 Å². The molecule has 2 rings (SSSR count). The number of benzene rings is 1. The second kappa shape index (κ2) is 5.82. The molecule has 0 saturated carbocycles. The molecule has 1 aromatic heterocycles. The maximum Gasteiger partial charge on any atom is 0.244 e. The standard InChI is InChI=1S/C12H15ClN4O2S/c1-17-8-9(7-15-17)5-6-16-20(18,19)12-10(13)3-2-4-11(12)14/h2-4,7-8,16H,5-6,14H2,1H3. The molecule has 6 nitrogen and oxygen atoms in total. The Morgan fingerprint density at radius 1 is 1.45 bits per heavy atom. The van der Waals surface area contributed by atoms with Crippen molar-refractivity contribution < 1.29 is 8.42 Å². The molecule has 0 aliphatic rings. The van der Waals surface area contributed by atoms with Crippen molar-refractivity contribution in [3.05, 3.63) is 41.2 Å². The number of aryl methyl sites for hydroxylation is 1. The summed E-state index contributed by atoms with van der Waals surface area (Å²) in [4.78, 5) is -0.0761. The van der Waals surface area contributed by atoms with Crippen molar-refractivity contribution in [2.24, 2.45) is 7.05 Å². The van der Waals surface area contributed by atoms with Crippen LogP contribution in [0.1, 0.15) is 5.56 Å². The number of halogens is 1. The van der Waals surface area contributed by atoms with E-state index in [2.05, 4.69) is 9.82 Å². The van der Waals surface area contributed by atoms with Crippen LogP contribution in [-0.4, -0.2) is 24.7 Å². The number of nitrogen functional groups attached to an aromatic ring is 1. The summed E-state index contributed by atoms with van der Waals surface area (Å²) < 4.78 is 28.5. The number of aromatic nitrogens is 2. The largest absolute Gasteiger partial charge is 0.398 e. The highest BCUT2D eigenvalue weighted by atomic mass is 35.5. The van der Waals surface area contributed by atoms with Crippen molar-refractivity contribution in [1.29, 1.82) is 0 Å². The van der Waals surface area contributed by atoms with E-state index in [1.54, 1.807) is 24.0 Å². The number of anilines is 1. The first kappa shape index (κ1) is 14.8. The van der Waals surface area contributed by atoms with Gasteiger partial charge in [0.15, 0.2) is 0 Å². The second-order valence-corrected chi connectivity index (χ2v) is 6.44. The zero-order valence-electron chi connectivity index (χ0n) is 10.9. The van der Waals surface area contributed by atoms with E-state index in [-0.39, 0.29) is 22.2 Å². The zero-order chi connectivity index (χ0) is 14.8. The lowest BCUT2D eigenvalue weighted by Gasteiger charge is -2.10. The molecule has 0 saturated heterocycles. The summed E-state index contributed by atoms with van der Waals surface area (Å²) >= 11 is 5.90. The summed E-state index contributed by atoms with van der Waals surface area (Å²) in [6.07, 6.45) is 4.06. The van der Waals surface area contributed by atoms with Crippen molar-refractivity contribution in [2.75, 3.05) is 12.3 Å². The Morgan fingerprint density at radius 3 is 2.80 bits per heavy atom. The molecule has 0 amide bonds. The summed E-state index contributed by atoms with van der Waals surface area (Å²) in [6.45, 7) is 0.249. The lowest BCUT2D eigenvalue weighted by Crippen LogP contribution is -2.27. The molecule has 8 heteroatoms. The van der Waals surface area contributed by atoms with Gasteiger partial charge >= 0.3 is 0 Å². The molecule has 0 spiro atoms. The molecule has 0 atom stereocenters. The van der Waals surface area contributed by atoms with Crippen molar-refractivity contribution >= 4 is 27.3 Å². The second-order valence-electron chi connectivity index (χ2n) is 4.33. The summed E-state index contributed by atoms with van der Waals surface area (Å²) in [5.74, 6) is 0. The molecular formula is C12H15ClN4O2S. The van der Waals surface area contributed by atoms with Crippen LogP contribution in [0.4, 0.5) is 5.69 Å². The molecule has 1 aromatic carbocycles. The minimum absolute atomic E-state index is 0.0761. The van der Waals surface area contributed by atoms with E-state index < -0.39 is 10.0 Å². The molecule has 20 heavy (non-hydrogen) atoms. The van der Waals surface area contributed by atoms with Gasteiger partial charge in [-0.25, -0.2) is 13.1 Å². The number of rotatable bonds is 5. The number of hydrogen-bond acceptors (Lipinski definition) is 4. The Labute approximate surface area is 122 Å². The molecule has 108 valence electrons. The van der Waals surface area contributed by atoms with Crippen LogP contribution in [0.15, 0.2) is 35.5 Å². The minimum Gasteiger partial charge on any atom is -0.398 e. The van der Waals surface area contributed by atoms with Crippen LogP contribution >= 0.6 is 11.6 Å². The summed E-state index contributed by atoms with van der Waals surface area (Å²) in [5.41, 5.74) is 6.75. The maximum atomic E-state index is 12.2. The van der Waals surface area contributed by atoms with E-state index in [9.17, 15) is 8.42 Å². The highest BCUT2D eigenvalue weighted by molar-refractivity contribution is 7.89. The van der Waals surface area contributed by atoms with Gasteiger partial charge in [-0.05, 0) is 24.1 Å². The van der Waals surface area contributed by atoms with Gasteiger partial charge in [-0.15, -0.1) is 0 Å². The molecule has 2 aromatic rings. The molecule has 0 bridgehead atoms. The summed E-state index contributed by atoms with van der Waals surface area (Å²) in [7, 11) is -1.92. The molecule has 3 N–H and O–H groups in total. The molecule has 0 unspecified atom stereocenters. The normalized spacial score (nSPS) is 11.7. The predicted octanol–water partition coefficient (Wildman–Crippen LogP) is 1.18. The van der Waals surface area contributed by atoms with Gasteiger partial charge in [0.1, 0.15) is 4.90 Å². The topological polar surface area (TPSA) is 90.0 Å². The number of nitrogens with zero attached hydrogens (tertiary/aromatic N) is 2. The Hall–Kier alpha value is -1.57. The van der Waals surface area contributed by atoms with Gasteiger partial charge in [0, 0.05) is 19.8 Å². The SMILES string of the molecule is Cn1cc(CCNS(=O)(=O)c2c(N)cccc2Cl)cn1. The highest BCUT2D eigenvalue weighted by Crippen LogP contribution is 2.26. The Kier molecular flexibility index (Phi) is 4.32. The van der Waals surface area contributed by atoms with Crippen molar-refractivity contribution in [1.82, 2.24) is 14.5 Å². The minimum atomic E-state index is -3.72. The number of nitrogens with two attached hydrogens (primary N) is 1. The highest BCUT2D eigenvalue weighted by Gasteiger charge is 2.20. The van der Waals surface area contributed by atoms with Crippen molar-refractivity contribution in [3.63, 3.8) is 0 Å². The quantitative estimate of drug-likeness (QED) is 0.811. The van der Waals surface area contributed by atoms with E-state index in [0.29, 0.717) is 6.42 Å². The fourth-order valence-electron chi connectivity index (χ4n) is 1.81. The van der Waals surface area contributed by atoms with Gasteiger partial charge in [0.25, 0.3) is 0 Å². The van der Waals surface area contributed by atoms with Gasteiger partial charge in [0.05, 0.1) is 16.9 Å². The van der Waals surface area contributed by atoms with Crippen LogP contribution in [0, 0.1) is 0 Å². The monoisotopic (exact) mass is 314 g/mol. The third-order valence-electron chi connectivity index (χ3n) is 2.73. The van der Waals surface area contributed by atoms with E-state index in [0.717, 1.165) is 5.56 Å². The maximum absolute atomic E-state index is 12.2. The van der Waals surface area contributed by atoms with Crippen LogP contribution in [0.5, 0.6) is 0 Å². The molecular weight excluding hydrogens is 300 g/mol. The van der Waals surface area contributed by atoms with Crippen molar-refractivity contribution in [2.45, 2.75) is 11.3 Å². The van der Waals surface area contributed by atoms with Crippen LogP contribution < -0.4 is 10.5 Å². The Balaban J connectivity index is 2.08. The van der Waals surface area contributed by atoms with Crippen LogP contribution in [0.3, 0.4) is 0 Å². The third kappa shape index (κ3) is 3.30. The van der Waals surface area contributed by atoms with E-state index in [1.807, 2.05) is 6.20 Å². The summed E-state index contributed by atoms with van der Waals surface area (Å²) in [6, 6.07) is 4.60. The van der Waals surface area contributed by atoms with Crippen LogP contribution in [0.2, 0.25) is 5.02 Å². The van der Waals surface area contributed by atoms with Gasteiger partial charge in [0.2, 0.25) is 10.0 Å². The zero-order valence-corrected chi connectivity index (χ0v) is 12.4. The Morgan fingerprint density at radius 2 is 2.20 bits per heavy atom. The number of sulfonamides is 1. The van der Waals surface area contributed by atoms with E-state index in [4.69, 9.17) is 17.3 Å². The van der Waals surface area contributed by atoms with Gasteiger partial charge in [-0.2, -0.15) is 5.10 Å². The lowest BCUT2D eigenvalue weighted by atomic mass is 10.3. The summed E-state index contributed by atoms with van der Waals surface area (Å²) in [5, 5.41) is 4.13. The van der Waals surface area contributed by atoms with E-state index in [1.165, 1.54) is 12.1 Å². The van der Waals surface area contributed by atoms with Gasteiger partial charge in [-0.3, -0.25) is 4.68 Å². The van der Waals surface area contributed by atoms with Crippen LogP contribution in [-0.2, 0) is 23.5 Å². The van der Waals surface area contributed by atoms with Crippen molar-refractivity contribution in [3.8, 4) is 0 Å². The van der Waals surface area contributed by atoms with Crippen LogP contribution in [0.25, 0.3) is 0 Å². The Bertz CT molecular complexity index is 692. The molecule has 0 radical (unpaired) electrons. The fourth-order valence-corrected chi connectivity index (χ4v) is 3.52. The predicted molar refractivity (Wildman–Crippen MR) is 78.0 cm³/mol. The molecule has 0 aliphatic heterocycles. The number of nitrogens with one attached hydrogen (secondary N) is 1.